The first-order valence-corrected chi connectivity index (χ1v) is 15.5. The maximum absolute atomic E-state index is 13.3. The number of cyclic esters (lactones) is 2. The summed E-state index contributed by atoms with van der Waals surface area (Å²) < 4.78 is 16.7. The molecule has 234 valence electrons. The lowest BCUT2D eigenvalue weighted by Crippen LogP contribution is -2.49. The molecule has 1 unspecified atom stereocenters. The molecule has 0 fully saturated rings. The van der Waals surface area contributed by atoms with Crippen LogP contribution >= 0.6 is 15.9 Å². The maximum Gasteiger partial charge on any atom is 0.347 e. The number of carbonyl (C=O) groups excluding carboxylic acids is 4. The first-order chi connectivity index (χ1) is 21.0. The van der Waals surface area contributed by atoms with Crippen LogP contribution in [-0.4, -0.2) is 60.5 Å². The van der Waals surface area contributed by atoms with Crippen LogP contribution in [0.1, 0.15) is 44.7 Å². The van der Waals surface area contributed by atoms with E-state index < -0.39 is 52.7 Å². The van der Waals surface area contributed by atoms with Crippen molar-refractivity contribution >= 4 is 39.7 Å². The highest BCUT2D eigenvalue weighted by molar-refractivity contribution is 9.09. The van der Waals surface area contributed by atoms with Gasteiger partial charge in [-0.05, 0) is 48.2 Å². The van der Waals surface area contributed by atoms with Gasteiger partial charge >= 0.3 is 11.9 Å². The summed E-state index contributed by atoms with van der Waals surface area (Å²) in [5.74, 6) is 3.74. The average molecular weight is 668 g/mol. The van der Waals surface area contributed by atoms with E-state index in [1.165, 1.54) is 6.08 Å². The van der Waals surface area contributed by atoms with Gasteiger partial charge in [0, 0.05) is 24.9 Å². The van der Waals surface area contributed by atoms with Gasteiger partial charge in [-0.3, -0.25) is 14.4 Å². The molecule has 2 amide bonds. The van der Waals surface area contributed by atoms with E-state index >= 15 is 0 Å². The zero-order valence-corrected chi connectivity index (χ0v) is 27.0. The quantitative estimate of drug-likeness (QED) is 0.270. The number of nitrogens with one attached hydrogen (secondary N) is 2. The molecule has 10 heteroatoms. The van der Waals surface area contributed by atoms with Crippen LogP contribution in [0.5, 0.6) is 5.75 Å². The molecule has 5 atom stereocenters. The van der Waals surface area contributed by atoms with Crippen LogP contribution in [0, 0.1) is 23.7 Å². The fourth-order valence-electron chi connectivity index (χ4n) is 4.29. The highest BCUT2D eigenvalue weighted by Gasteiger charge is 2.32. The van der Waals surface area contributed by atoms with E-state index in [4.69, 9.17) is 14.2 Å². The van der Waals surface area contributed by atoms with Crippen molar-refractivity contribution in [1.29, 1.82) is 0 Å². The molecule has 1 aliphatic rings. The number of methoxy groups -OCH3 is 1. The minimum absolute atomic E-state index is 0.0272. The summed E-state index contributed by atoms with van der Waals surface area (Å²) in [7, 11) is 1.56. The molecule has 0 aromatic heterocycles. The second-order valence-electron chi connectivity index (χ2n) is 11.0. The van der Waals surface area contributed by atoms with Crippen molar-refractivity contribution in [2.75, 3.05) is 13.7 Å². The predicted octanol–water partition coefficient (Wildman–Crippen LogP) is 4.12. The lowest BCUT2D eigenvalue weighted by Gasteiger charge is -2.25. The van der Waals surface area contributed by atoms with Crippen molar-refractivity contribution < 1.29 is 33.4 Å². The first-order valence-electron chi connectivity index (χ1n) is 14.5. The molecule has 0 radical (unpaired) electrons. The van der Waals surface area contributed by atoms with Crippen molar-refractivity contribution in [2.24, 2.45) is 11.8 Å². The normalized spacial score (nSPS) is 23.2. The van der Waals surface area contributed by atoms with Crippen LogP contribution in [0.15, 0.2) is 66.7 Å². The van der Waals surface area contributed by atoms with Gasteiger partial charge in [0.15, 0.2) is 6.10 Å². The SMILES string of the molecule is COc1ccc(C[C@H]2NC(=O)/C=C/C[C@@H](C(Br)C#Cc3ccccc3)OC(=O)[C@H](CC(C)C)OC(=O)[C@H](C)CNC2=O)cc1. The van der Waals surface area contributed by atoms with Crippen LogP contribution < -0.4 is 15.4 Å². The Morgan fingerprint density at radius 3 is 2.36 bits per heavy atom. The molecule has 44 heavy (non-hydrogen) atoms. The van der Waals surface area contributed by atoms with Gasteiger partial charge < -0.3 is 24.8 Å². The molecule has 0 spiro atoms. The molecular formula is C34H39BrN2O7. The van der Waals surface area contributed by atoms with Gasteiger partial charge in [-0.1, -0.05) is 84.9 Å². The number of carbonyl (C=O) groups is 4. The van der Waals surface area contributed by atoms with Crippen molar-refractivity contribution in [3.8, 4) is 17.6 Å². The van der Waals surface area contributed by atoms with Crippen molar-refractivity contribution in [3.63, 3.8) is 0 Å². The van der Waals surface area contributed by atoms with Gasteiger partial charge in [-0.2, -0.15) is 0 Å². The Bertz CT molecular complexity index is 1370. The lowest BCUT2D eigenvalue weighted by molar-refractivity contribution is -0.174. The second kappa shape index (κ2) is 17.3. The highest BCUT2D eigenvalue weighted by Crippen LogP contribution is 2.19. The number of halogens is 1. The van der Waals surface area contributed by atoms with E-state index in [0.717, 1.165) is 11.1 Å². The number of alkyl halides is 1. The van der Waals surface area contributed by atoms with Gasteiger partial charge in [-0.25, -0.2) is 4.79 Å². The number of ether oxygens (including phenoxy) is 3. The topological polar surface area (TPSA) is 120 Å². The third-order valence-corrected chi connectivity index (χ3v) is 7.60. The van der Waals surface area contributed by atoms with Crippen LogP contribution in [0.4, 0.5) is 0 Å². The molecule has 1 heterocycles. The van der Waals surface area contributed by atoms with E-state index in [0.29, 0.717) is 5.75 Å². The molecule has 0 saturated heterocycles. The molecule has 0 saturated carbocycles. The zero-order valence-electron chi connectivity index (χ0n) is 25.4. The number of esters is 2. The molecule has 2 N–H and O–H groups in total. The smallest absolute Gasteiger partial charge is 0.347 e. The average Bonchev–Trinajstić information content (AvgIpc) is 3.01. The molecule has 0 aliphatic carbocycles. The van der Waals surface area contributed by atoms with Gasteiger partial charge in [0.05, 0.1) is 13.0 Å². The fourth-order valence-corrected chi connectivity index (χ4v) is 4.73. The number of hydrogen-bond acceptors (Lipinski definition) is 7. The number of hydrogen-bond donors (Lipinski definition) is 2. The monoisotopic (exact) mass is 666 g/mol. The van der Waals surface area contributed by atoms with Gasteiger partial charge in [0.1, 0.15) is 22.7 Å². The minimum Gasteiger partial charge on any atom is -0.497 e. The van der Waals surface area contributed by atoms with E-state index in [9.17, 15) is 19.2 Å². The van der Waals surface area contributed by atoms with E-state index in [2.05, 4.69) is 38.4 Å². The van der Waals surface area contributed by atoms with E-state index in [-0.39, 0.29) is 31.7 Å². The highest BCUT2D eigenvalue weighted by atomic mass is 79.9. The maximum atomic E-state index is 13.3. The molecule has 2 aromatic rings. The van der Waals surface area contributed by atoms with Gasteiger partial charge in [0.25, 0.3) is 0 Å². The van der Waals surface area contributed by atoms with Gasteiger partial charge in [-0.15, -0.1) is 0 Å². The Morgan fingerprint density at radius 2 is 1.70 bits per heavy atom. The molecule has 2 aromatic carbocycles. The zero-order chi connectivity index (χ0) is 32.1. The summed E-state index contributed by atoms with van der Waals surface area (Å²) >= 11 is 3.53. The first kappa shape index (κ1) is 34.4. The minimum atomic E-state index is -1.15. The van der Waals surface area contributed by atoms with Crippen molar-refractivity contribution in [3.05, 3.63) is 77.9 Å². The fraction of sp³-hybridized carbons (Fsp3) is 0.412. The summed E-state index contributed by atoms with van der Waals surface area (Å²) in [5, 5.41) is 5.48. The van der Waals surface area contributed by atoms with Crippen LogP contribution in [0.3, 0.4) is 0 Å². The number of rotatable bonds is 6. The Balaban J connectivity index is 1.89. The van der Waals surface area contributed by atoms with E-state index in [1.807, 2.05) is 56.3 Å². The summed E-state index contributed by atoms with van der Waals surface area (Å²) in [6.07, 6.45) is 1.51. The number of amides is 2. The Kier molecular flexibility index (Phi) is 13.5. The second-order valence-corrected chi connectivity index (χ2v) is 12.0. The van der Waals surface area contributed by atoms with Crippen molar-refractivity contribution in [2.45, 2.75) is 63.1 Å². The largest absolute Gasteiger partial charge is 0.497 e. The lowest BCUT2D eigenvalue weighted by atomic mass is 10.0. The Morgan fingerprint density at radius 1 is 1.00 bits per heavy atom. The van der Waals surface area contributed by atoms with Crippen molar-refractivity contribution in [1.82, 2.24) is 10.6 Å². The third kappa shape index (κ3) is 11.2. The Hall–Kier alpha value is -4.10. The molecule has 9 nitrogen and oxygen atoms in total. The van der Waals surface area contributed by atoms with Crippen LogP contribution in [-0.2, 0) is 35.1 Å². The summed E-state index contributed by atoms with van der Waals surface area (Å²) in [4.78, 5) is 51.9. The molecular weight excluding hydrogens is 628 g/mol. The summed E-state index contributed by atoms with van der Waals surface area (Å²) in [6.45, 7) is 5.36. The molecule has 3 rings (SSSR count). The standard InChI is InChI=1S/C34H39BrN2O7/c1-22(2)19-30-34(41)43-29(27(35)18-15-24-9-6-5-7-10-24)11-8-12-31(38)37-28(20-25-13-16-26(42-4)17-14-25)32(39)36-21-23(3)33(40)44-30/h5-10,12-14,16-17,22-23,27-30H,11,19-21H2,1-4H3,(H,36,39)(H,37,38)/b12-8+/t23-,27?,28-,29+,30+/m1/s1. The summed E-state index contributed by atoms with van der Waals surface area (Å²) in [5.41, 5.74) is 1.59. The number of benzene rings is 2. The Labute approximate surface area is 267 Å². The van der Waals surface area contributed by atoms with Crippen LogP contribution in [0.25, 0.3) is 0 Å². The van der Waals surface area contributed by atoms with Gasteiger partial charge in [0.2, 0.25) is 11.8 Å². The predicted molar refractivity (Wildman–Crippen MR) is 170 cm³/mol. The van der Waals surface area contributed by atoms with Crippen LogP contribution in [0.2, 0.25) is 0 Å². The molecule has 1 aliphatic heterocycles. The van der Waals surface area contributed by atoms with E-state index in [1.54, 1.807) is 32.2 Å². The summed E-state index contributed by atoms with van der Waals surface area (Å²) in [6, 6.07) is 15.6. The third-order valence-electron chi connectivity index (χ3n) is 6.78. The molecule has 0 bridgehead atoms.